The Morgan fingerprint density at radius 1 is 0.581 bits per heavy atom. The Morgan fingerprint density at radius 3 is 1.71 bits per heavy atom. The van der Waals surface area contributed by atoms with Gasteiger partial charge in [-0.05, 0) is 135 Å². The molecule has 0 saturated carbocycles. The highest BCUT2D eigenvalue weighted by molar-refractivity contribution is 7.44. The third kappa shape index (κ3) is 8.63. The fourth-order valence-corrected chi connectivity index (χ4v) is 10.4. The largest absolute Gasteiger partial charge is 0.497 e. The highest BCUT2D eigenvalue weighted by Crippen LogP contribution is 2.48. The number of ether oxygens (including phenoxy) is 3. The molecule has 314 valence electrons. The van der Waals surface area contributed by atoms with E-state index in [4.69, 9.17) is 23.3 Å². The predicted octanol–water partition coefficient (Wildman–Crippen LogP) is 13.6. The number of hydrogen-bond donors (Lipinski definition) is 0. The van der Waals surface area contributed by atoms with Gasteiger partial charge in [0.25, 0.3) is 8.53 Å². The molecule has 8 rings (SSSR count). The number of rotatable bonds is 18. The fraction of sp³-hybridized carbons (Fsp3) is 0.241. The standard InChI is InChI=1S/C54H53N2O5P/c1-37(2)56(38(3)4)62(60-31-11-30-55)61-36-40-32-39(33-44(34-40)50-28-18-43-17-16-41-12-10-13-42-19-29-51(50)53(43)52(41)42)35-59-54(45-14-8-7-9-15-45,46-20-24-48(57-5)25-21-46)47-22-26-49(58-6)27-23-47/h7-10,12-29,32-34,37-38H,11,31,35-36H2,1-6H3. The minimum Gasteiger partial charge on any atom is -0.497 e. The first kappa shape index (κ1) is 42.8. The van der Waals surface area contributed by atoms with Gasteiger partial charge in [-0.2, -0.15) is 5.26 Å². The first-order valence-corrected chi connectivity index (χ1v) is 22.4. The quantitative estimate of drug-likeness (QED) is 0.0369. The molecule has 0 amide bonds. The molecule has 0 N–H and O–H groups in total. The average Bonchev–Trinajstić information content (AvgIpc) is 3.30. The molecule has 0 heterocycles. The Kier molecular flexibility index (Phi) is 13.2. The molecule has 0 aromatic heterocycles. The molecule has 0 saturated heterocycles. The number of nitrogens with zero attached hydrogens (tertiary/aromatic N) is 2. The molecule has 8 aromatic rings. The normalized spacial score (nSPS) is 12.5. The van der Waals surface area contributed by atoms with Crippen molar-refractivity contribution in [1.29, 1.82) is 5.26 Å². The van der Waals surface area contributed by atoms with Crippen molar-refractivity contribution in [3.05, 3.63) is 179 Å². The minimum atomic E-state index is -1.46. The SMILES string of the molecule is COc1ccc(C(OCc2cc(COP(OCCC#N)N(C(C)C)C(C)C)cc(-c3ccc4ccc5cccc6ccc3c4c56)c2)(c2ccccc2)c2ccc(OC)cc2)cc1. The summed E-state index contributed by atoms with van der Waals surface area (Å²) in [4.78, 5) is 0. The average molecular weight is 841 g/mol. The van der Waals surface area contributed by atoms with Gasteiger partial charge in [0.15, 0.2) is 0 Å². The van der Waals surface area contributed by atoms with Crippen LogP contribution >= 0.6 is 8.53 Å². The lowest BCUT2D eigenvalue weighted by atomic mass is 9.80. The van der Waals surface area contributed by atoms with Crippen LogP contribution in [0.4, 0.5) is 0 Å². The van der Waals surface area contributed by atoms with E-state index in [1.165, 1.54) is 32.3 Å². The zero-order valence-corrected chi connectivity index (χ0v) is 37.2. The molecule has 8 aromatic carbocycles. The molecule has 0 fully saturated rings. The van der Waals surface area contributed by atoms with Gasteiger partial charge in [-0.25, -0.2) is 4.67 Å². The smallest absolute Gasteiger partial charge is 0.259 e. The molecule has 0 aliphatic rings. The lowest BCUT2D eigenvalue weighted by molar-refractivity contribution is 0.000162. The van der Waals surface area contributed by atoms with E-state index in [1.54, 1.807) is 14.2 Å². The molecule has 1 unspecified atom stereocenters. The molecule has 7 nitrogen and oxygen atoms in total. The molecule has 62 heavy (non-hydrogen) atoms. The Labute approximate surface area is 366 Å². The first-order chi connectivity index (χ1) is 30.2. The van der Waals surface area contributed by atoms with E-state index >= 15 is 0 Å². The lowest BCUT2D eigenvalue weighted by Crippen LogP contribution is -2.33. The van der Waals surface area contributed by atoms with Crippen molar-refractivity contribution < 1.29 is 23.3 Å². The van der Waals surface area contributed by atoms with Crippen LogP contribution in [0.15, 0.2) is 152 Å². The van der Waals surface area contributed by atoms with Gasteiger partial charge in [-0.1, -0.05) is 115 Å². The summed E-state index contributed by atoms with van der Waals surface area (Å²) in [6.45, 7) is 9.50. The molecule has 1 atom stereocenters. The summed E-state index contributed by atoms with van der Waals surface area (Å²) in [5, 5.41) is 16.8. The van der Waals surface area contributed by atoms with E-state index in [2.05, 4.69) is 160 Å². The van der Waals surface area contributed by atoms with E-state index in [0.29, 0.717) is 19.6 Å². The summed E-state index contributed by atoms with van der Waals surface area (Å²) < 4.78 is 34.0. The van der Waals surface area contributed by atoms with Crippen LogP contribution in [0, 0.1) is 11.3 Å². The summed E-state index contributed by atoms with van der Waals surface area (Å²) in [5.74, 6) is 1.53. The number of hydrogen-bond acceptors (Lipinski definition) is 7. The van der Waals surface area contributed by atoms with Gasteiger partial charge in [-0.15, -0.1) is 0 Å². The van der Waals surface area contributed by atoms with E-state index < -0.39 is 14.1 Å². The Bertz CT molecular complexity index is 2710. The van der Waals surface area contributed by atoms with Gasteiger partial charge in [0, 0.05) is 12.1 Å². The highest BCUT2D eigenvalue weighted by Gasteiger charge is 2.38. The summed E-state index contributed by atoms with van der Waals surface area (Å²) in [5.41, 5.74) is 6.11. The molecule has 0 spiro atoms. The molecular formula is C54H53N2O5P. The monoisotopic (exact) mass is 840 g/mol. The van der Waals surface area contributed by atoms with Crippen molar-refractivity contribution in [1.82, 2.24) is 4.67 Å². The van der Waals surface area contributed by atoms with Crippen LogP contribution in [0.1, 0.15) is 61.9 Å². The van der Waals surface area contributed by atoms with Crippen LogP contribution in [0.25, 0.3) is 43.4 Å². The maximum atomic E-state index is 9.35. The second-order valence-electron chi connectivity index (χ2n) is 16.1. The van der Waals surface area contributed by atoms with Crippen molar-refractivity contribution in [2.75, 3.05) is 20.8 Å². The molecule has 0 aliphatic carbocycles. The second kappa shape index (κ2) is 19.1. The maximum Gasteiger partial charge on any atom is 0.259 e. The summed E-state index contributed by atoms with van der Waals surface area (Å²) in [6.07, 6.45) is 0.295. The molecule has 0 aliphatic heterocycles. The van der Waals surface area contributed by atoms with Crippen molar-refractivity contribution in [2.24, 2.45) is 0 Å². The van der Waals surface area contributed by atoms with Crippen molar-refractivity contribution in [3.8, 4) is 28.7 Å². The molecule has 0 bridgehead atoms. The van der Waals surface area contributed by atoms with Crippen molar-refractivity contribution >= 4 is 40.8 Å². The van der Waals surface area contributed by atoms with Gasteiger partial charge in [0.1, 0.15) is 17.1 Å². The van der Waals surface area contributed by atoms with E-state index in [9.17, 15) is 5.26 Å². The second-order valence-corrected chi connectivity index (χ2v) is 17.6. The highest BCUT2D eigenvalue weighted by atomic mass is 31.2. The van der Waals surface area contributed by atoms with Crippen LogP contribution in [-0.2, 0) is 32.6 Å². The molecular weight excluding hydrogens is 788 g/mol. The number of benzene rings is 8. The Hall–Kier alpha value is -5.84. The number of methoxy groups -OCH3 is 2. The molecule has 0 radical (unpaired) electrons. The van der Waals surface area contributed by atoms with Crippen LogP contribution in [0.5, 0.6) is 11.5 Å². The zero-order chi connectivity index (χ0) is 43.2. The lowest BCUT2D eigenvalue weighted by Gasteiger charge is -2.36. The third-order valence-electron chi connectivity index (χ3n) is 11.5. The fourth-order valence-electron chi connectivity index (χ4n) is 8.78. The van der Waals surface area contributed by atoms with Gasteiger partial charge >= 0.3 is 0 Å². The molecule has 8 heteroatoms. The number of nitriles is 1. The zero-order valence-electron chi connectivity index (χ0n) is 36.3. The topological polar surface area (TPSA) is 73.2 Å². The van der Waals surface area contributed by atoms with E-state index in [0.717, 1.165) is 50.4 Å². The summed E-state index contributed by atoms with van der Waals surface area (Å²) in [7, 11) is 1.90. The van der Waals surface area contributed by atoms with Gasteiger partial charge in [0.05, 0.1) is 46.5 Å². The van der Waals surface area contributed by atoms with Gasteiger partial charge in [0.2, 0.25) is 0 Å². The van der Waals surface area contributed by atoms with E-state index in [1.807, 2.05) is 30.3 Å². The van der Waals surface area contributed by atoms with Crippen LogP contribution in [0.3, 0.4) is 0 Å². The van der Waals surface area contributed by atoms with Crippen LogP contribution < -0.4 is 9.47 Å². The van der Waals surface area contributed by atoms with Crippen LogP contribution in [0.2, 0.25) is 0 Å². The van der Waals surface area contributed by atoms with Gasteiger partial charge < -0.3 is 23.3 Å². The minimum absolute atomic E-state index is 0.178. The van der Waals surface area contributed by atoms with Crippen LogP contribution in [-0.4, -0.2) is 37.6 Å². The summed E-state index contributed by atoms with van der Waals surface area (Å²) >= 11 is 0. The van der Waals surface area contributed by atoms with Gasteiger partial charge in [-0.3, -0.25) is 0 Å². The summed E-state index contributed by atoms with van der Waals surface area (Å²) in [6, 6.07) is 55.9. The Morgan fingerprint density at radius 2 is 1.13 bits per heavy atom. The Balaban J connectivity index is 1.27. The van der Waals surface area contributed by atoms with E-state index in [-0.39, 0.29) is 18.7 Å². The van der Waals surface area contributed by atoms with Crippen molar-refractivity contribution in [2.45, 2.75) is 65.0 Å². The predicted molar refractivity (Wildman–Crippen MR) is 253 cm³/mol. The first-order valence-electron chi connectivity index (χ1n) is 21.2. The maximum absolute atomic E-state index is 9.35. The van der Waals surface area contributed by atoms with Crippen molar-refractivity contribution in [3.63, 3.8) is 0 Å². The third-order valence-corrected chi connectivity index (χ3v) is 13.6.